The number of pyridine rings is 1. The normalized spacial score (nSPS) is 21.6. The Balaban J connectivity index is 1.41. The largest absolute Gasteiger partial charge is 0.340 e. The molecule has 2 aromatic rings. The molecule has 0 N–H and O–H groups in total. The van der Waals surface area contributed by atoms with E-state index in [1.165, 1.54) is 0 Å². The van der Waals surface area contributed by atoms with Gasteiger partial charge in [0.25, 0.3) is 0 Å². The maximum atomic E-state index is 13.1. The molecule has 2 saturated heterocycles. The number of nitrogens with zero attached hydrogens (tertiary/aromatic N) is 6. The lowest BCUT2D eigenvalue weighted by atomic mass is 9.96. The zero-order valence-electron chi connectivity index (χ0n) is 16.7. The summed E-state index contributed by atoms with van der Waals surface area (Å²) in [5.74, 6) is 1.76. The third-order valence-corrected chi connectivity index (χ3v) is 5.93. The van der Waals surface area contributed by atoms with E-state index in [-0.39, 0.29) is 5.92 Å². The fourth-order valence-electron chi connectivity index (χ4n) is 4.35. The number of fused-ring (bicyclic) bond motifs is 1. The standard InChI is InChI=1S/C20H29ClN6O/c1-15(2)12-24-8-10-25(11-9-24)19(28)16-4-3-7-26(13-16)20-23-22-18-6-5-17(21)14-27(18)20/h5-6,14-16H,3-4,7-13H2,1-2H3/t16-/m1/s1. The van der Waals surface area contributed by atoms with Crippen molar-refractivity contribution in [1.82, 2.24) is 24.4 Å². The molecule has 0 aromatic carbocycles. The highest BCUT2D eigenvalue weighted by Crippen LogP contribution is 2.25. The van der Waals surface area contributed by atoms with Gasteiger partial charge < -0.3 is 9.80 Å². The summed E-state index contributed by atoms with van der Waals surface area (Å²) >= 11 is 6.15. The number of amides is 1. The molecule has 0 bridgehead atoms. The molecule has 7 nitrogen and oxygen atoms in total. The van der Waals surface area contributed by atoms with E-state index >= 15 is 0 Å². The first kappa shape index (κ1) is 19.5. The van der Waals surface area contributed by atoms with Gasteiger partial charge >= 0.3 is 0 Å². The number of halogens is 1. The van der Waals surface area contributed by atoms with Gasteiger partial charge in [0.05, 0.1) is 10.9 Å². The lowest BCUT2D eigenvalue weighted by Gasteiger charge is -2.39. The topological polar surface area (TPSA) is 57.0 Å². The Morgan fingerprint density at radius 3 is 2.71 bits per heavy atom. The van der Waals surface area contributed by atoms with Crippen LogP contribution in [0.3, 0.4) is 0 Å². The SMILES string of the molecule is CC(C)CN1CCN(C(=O)[C@@H]2CCCN(c3nnc4ccc(Cl)cn34)C2)CC1. The monoisotopic (exact) mass is 404 g/mol. The van der Waals surface area contributed by atoms with Crippen LogP contribution in [0.1, 0.15) is 26.7 Å². The number of piperidine rings is 1. The van der Waals surface area contributed by atoms with Crippen LogP contribution in [0.25, 0.3) is 5.65 Å². The van der Waals surface area contributed by atoms with Crippen LogP contribution < -0.4 is 4.90 Å². The second-order valence-corrected chi connectivity index (χ2v) is 8.82. The van der Waals surface area contributed by atoms with Crippen LogP contribution >= 0.6 is 11.6 Å². The first-order valence-corrected chi connectivity index (χ1v) is 10.7. The van der Waals surface area contributed by atoms with E-state index in [1.54, 1.807) is 0 Å². The fourth-order valence-corrected chi connectivity index (χ4v) is 4.51. The fraction of sp³-hybridized carbons (Fsp3) is 0.650. The molecule has 2 aliphatic heterocycles. The molecule has 2 aliphatic rings. The van der Waals surface area contributed by atoms with Gasteiger partial charge in [-0.05, 0) is 30.9 Å². The highest BCUT2D eigenvalue weighted by Gasteiger charge is 2.32. The molecule has 28 heavy (non-hydrogen) atoms. The van der Waals surface area contributed by atoms with Crippen LogP contribution in [0.2, 0.25) is 5.02 Å². The molecule has 1 atom stereocenters. The van der Waals surface area contributed by atoms with Gasteiger partial charge in [-0.25, -0.2) is 0 Å². The molecular weight excluding hydrogens is 376 g/mol. The molecule has 0 radical (unpaired) electrons. The van der Waals surface area contributed by atoms with Crippen molar-refractivity contribution in [1.29, 1.82) is 0 Å². The third kappa shape index (κ3) is 4.10. The van der Waals surface area contributed by atoms with E-state index in [9.17, 15) is 4.79 Å². The molecule has 0 spiro atoms. The van der Waals surface area contributed by atoms with Crippen molar-refractivity contribution in [2.24, 2.45) is 11.8 Å². The quantitative estimate of drug-likeness (QED) is 0.783. The number of anilines is 1. The average Bonchev–Trinajstić information content (AvgIpc) is 3.11. The smallest absolute Gasteiger partial charge is 0.231 e. The number of hydrogen-bond acceptors (Lipinski definition) is 5. The summed E-state index contributed by atoms with van der Waals surface area (Å²) in [5, 5.41) is 9.24. The van der Waals surface area contributed by atoms with Gasteiger partial charge in [-0.2, -0.15) is 0 Å². The average molecular weight is 405 g/mol. The minimum Gasteiger partial charge on any atom is -0.340 e. The van der Waals surface area contributed by atoms with E-state index in [2.05, 4.69) is 38.7 Å². The number of aromatic nitrogens is 3. The van der Waals surface area contributed by atoms with Crippen LogP contribution in [0.4, 0.5) is 5.95 Å². The molecule has 2 fully saturated rings. The Bertz CT molecular complexity index is 829. The second-order valence-electron chi connectivity index (χ2n) is 8.38. The number of carbonyl (C=O) groups is 1. The Morgan fingerprint density at radius 1 is 1.18 bits per heavy atom. The van der Waals surface area contributed by atoms with E-state index < -0.39 is 0 Å². The van der Waals surface area contributed by atoms with Crippen LogP contribution in [-0.2, 0) is 4.79 Å². The summed E-state index contributed by atoms with van der Waals surface area (Å²) in [4.78, 5) is 19.8. The van der Waals surface area contributed by atoms with Crippen molar-refractivity contribution in [2.75, 3.05) is 50.7 Å². The minimum absolute atomic E-state index is 0.0249. The Labute approximate surface area is 171 Å². The van der Waals surface area contributed by atoms with E-state index in [1.807, 2.05) is 22.7 Å². The van der Waals surface area contributed by atoms with Gasteiger partial charge in [-0.15, -0.1) is 10.2 Å². The number of rotatable bonds is 4. The Hall–Kier alpha value is -1.86. The van der Waals surface area contributed by atoms with Crippen molar-refractivity contribution in [3.05, 3.63) is 23.4 Å². The first-order valence-electron chi connectivity index (χ1n) is 10.3. The van der Waals surface area contributed by atoms with Gasteiger partial charge in [0.15, 0.2) is 5.65 Å². The summed E-state index contributed by atoms with van der Waals surface area (Å²) in [7, 11) is 0. The van der Waals surface area contributed by atoms with Gasteiger partial charge in [0, 0.05) is 52.0 Å². The number of hydrogen-bond donors (Lipinski definition) is 0. The summed E-state index contributed by atoms with van der Waals surface area (Å²) in [6, 6.07) is 3.68. The summed E-state index contributed by atoms with van der Waals surface area (Å²) in [6.45, 7) is 10.8. The zero-order chi connectivity index (χ0) is 19.7. The maximum Gasteiger partial charge on any atom is 0.231 e. The number of carbonyl (C=O) groups excluding carboxylic acids is 1. The van der Waals surface area contributed by atoms with Crippen molar-refractivity contribution < 1.29 is 4.79 Å². The van der Waals surface area contributed by atoms with Crippen LogP contribution in [0.5, 0.6) is 0 Å². The molecule has 0 saturated carbocycles. The molecular formula is C20H29ClN6O. The zero-order valence-corrected chi connectivity index (χ0v) is 17.5. The summed E-state index contributed by atoms with van der Waals surface area (Å²) in [6.07, 6.45) is 3.77. The Kier molecular flexibility index (Phi) is 5.73. The Morgan fingerprint density at radius 2 is 1.96 bits per heavy atom. The number of piperazine rings is 1. The lowest BCUT2D eigenvalue weighted by Crippen LogP contribution is -2.53. The molecule has 8 heteroatoms. The predicted molar refractivity (Wildman–Crippen MR) is 111 cm³/mol. The molecule has 4 rings (SSSR count). The van der Waals surface area contributed by atoms with E-state index in [0.717, 1.165) is 63.7 Å². The van der Waals surface area contributed by atoms with Gasteiger partial charge in [0.1, 0.15) is 0 Å². The third-order valence-electron chi connectivity index (χ3n) is 5.71. The molecule has 152 valence electrons. The van der Waals surface area contributed by atoms with Crippen LogP contribution in [-0.4, -0.2) is 76.1 Å². The minimum atomic E-state index is 0.0249. The van der Waals surface area contributed by atoms with E-state index in [4.69, 9.17) is 11.6 Å². The molecule has 0 unspecified atom stereocenters. The summed E-state index contributed by atoms with van der Waals surface area (Å²) in [5.41, 5.74) is 0.772. The van der Waals surface area contributed by atoms with Crippen LogP contribution in [0, 0.1) is 11.8 Å². The highest BCUT2D eigenvalue weighted by atomic mass is 35.5. The van der Waals surface area contributed by atoms with E-state index in [0.29, 0.717) is 23.4 Å². The van der Waals surface area contributed by atoms with Crippen LogP contribution in [0.15, 0.2) is 18.3 Å². The predicted octanol–water partition coefficient (Wildman–Crippen LogP) is 2.40. The first-order chi connectivity index (χ1) is 13.5. The van der Waals surface area contributed by atoms with Gasteiger partial charge in [-0.3, -0.25) is 14.1 Å². The highest BCUT2D eigenvalue weighted by molar-refractivity contribution is 6.30. The molecule has 1 amide bonds. The molecule has 4 heterocycles. The summed E-state index contributed by atoms with van der Waals surface area (Å²) < 4.78 is 1.92. The van der Waals surface area contributed by atoms with Crippen molar-refractivity contribution in [2.45, 2.75) is 26.7 Å². The second kappa shape index (κ2) is 8.25. The maximum absolute atomic E-state index is 13.1. The van der Waals surface area contributed by atoms with Crippen molar-refractivity contribution >= 4 is 29.1 Å². The van der Waals surface area contributed by atoms with Gasteiger partial charge in [-0.1, -0.05) is 25.4 Å². The van der Waals surface area contributed by atoms with Crippen molar-refractivity contribution in [3.8, 4) is 0 Å². The lowest BCUT2D eigenvalue weighted by molar-refractivity contribution is -0.137. The molecule has 2 aromatic heterocycles. The van der Waals surface area contributed by atoms with Crippen molar-refractivity contribution in [3.63, 3.8) is 0 Å². The van der Waals surface area contributed by atoms with Gasteiger partial charge in [0.2, 0.25) is 11.9 Å². The molecule has 0 aliphatic carbocycles.